The highest BCUT2D eigenvalue weighted by Crippen LogP contribution is 2.30. The van der Waals surface area contributed by atoms with E-state index >= 15 is 0 Å². The zero-order chi connectivity index (χ0) is 14.0. The van der Waals surface area contributed by atoms with Crippen LogP contribution in [0, 0.1) is 0 Å². The van der Waals surface area contributed by atoms with Crippen molar-refractivity contribution in [1.82, 2.24) is 4.31 Å². The summed E-state index contributed by atoms with van der Waals surface area (Å²) in [6.07, 6.45) is 3.75. The van der Waals surface area contributed by atoms with Crippen molar-refractivity contribution in [2.24, 2.45) is 0 Å². The van der Waals surface area contributed by atoms with Crippen molar-refractivity contribution in [3.63, 3.8) is 0 Å². The maximum absolute atomic E-state index is 12.7. The van der Waals surface area contributed by atoms with Crippen LogP contribution in [-0.2, 0) is 22.3 Å². The van der Waals surface area contributed by atoms with Gasteiger partial charge in [-0.2, -0.15) is 4.31 Å². The predicted octanol–water partition coefficient (Wildman–Crippen LogP) is 3.16. The lowest BCUT2D eigenvalue weighted by Gasteiger charge is -2.34. The number of alkyl halides is 1. The summed E-state index contributed by atoms with van der Waals surface area (Å²) in [5.41, 5.74) is 1.71. The van der Waals surface area contributed by atoms with E-state index in [1.54, 1.807) is 13.1 Å². The molecule has 1 aromatic carbocycles. The summed E-state index contributed by atoms with van der Waals surface area (Å²) in [5.74, 6) is 0.333. The van der Waals surface area contributed by atoms with Gasteiger partial charge in [0, 0.05) is 19.0 Å². The van der Waals surface area contributed by atoms with Gasteiger partial charge in [0.1, 0.15) is 0 Å². The summed E-state index contributed by atoms with van der Waals surface area (Å²) < 4.78 is 26.9. The Balaban J connectivity index is 2.43. The van der Waals surface area contributed by atoms with E-state index < -0.39 is 10.0 Å². The van der Waals surface area contributed by atoms with Crippen LogP contribution >= 0.6 is 11.6 Å². The van der Waals surface area contributed by atoms with Crippen molar-refractivity contribution < 1.29 is 8.42 Å². The molecule has 0 heterocycles. The lowest BCUT2D eigenvalue weighted by Crippen LogP contribution is -2.41. The lowest BCUT2D eigenvalue weighted by atomic mass is 9.94. The molecular weight excluding hydrogens is 282 g/mol. The Labute approximate surface area is 120 Å². The fraction of sp³-hybridized carbons (Fsp3) is 0.571. The van der Waals surface area contributed by atoms with Crippen molar-refractivity contribution in [2.75, 3.05) is 7.05 Å². The molecule has 1 aromatic rings. The van der Waals surface area contributed by atoms with Gasteiger partial charge in [-0.05, 0) is 36.5 Å². The van der Waals surface area contributed by atoms with Crippen LogP contribution in [0.5, 0.6) is 0 Å². The highest BCUT2D eigenvalue weighted by molar-refractivity contribution is 7.89. The Bertz CT molecular complexity index is 553. The molecule has 0 atom stereocenters. The second-order valence-corrected chi connectivity index (χ2v) is 7.27. The minimum Gasteiger partial charge on any atom is -0.207 e. The van der Waals surface area contributed by atoms with Crippen molar-refractivity contribution in [2.45, 2.75) is 49.4 Å². The summed E-state index contributed by atoms with van der Waals surface area (Å²) >= 11 is 5.82. The van der Waals surface area contributed by atoms with E-state index in [9.17, 15) is 8.42 Å². The number of halogens is 1. The zero-order valence-corrected chi connectivity index (χ0v) is 13.0. The van der Waals surface area contributed by atoms with Gasteiger partial charge in [0.25, 0.3) is 0 Å². The molecule has 0 radical (unpaired) electrons. The highest BCUT2D eigenvalue weighted by atomic mass is 35.5. The number of sulfonamides is 1. The van der Waals surface area contributed by atoms with E-state index in [1.807, 2.05) is 19.1 Å². The van der Waals surface area contributed by atoms with Crippen LogP contribution in [0.25, 0.3) is 0 Å². The van der Waals surface area contributed by atoms with E-state index in [1.165, 1.54) is 4.31 Å². The molecule has 0 saturated heterocycles. The SMILES string of the molecule is CCc1ccc(CCl)cc1S(=O)(=O)N(C)C1CCC1. The molecule has 0 aliphatic heterocycles. The quantitative estimate of drug-likeness (QED) is 0.783. The molecule has 0 spiro atoms. The summed E-state index contributed by atoms with van der Waals surface area (Å²) in [5, 5.41) is 0. The molecule has 19 heavy (non-hydrogen) atoms. The number of rotatable bonds is 5. The zero-order valence-electron chi connectivity index (χ0n) is 11.4. The van der Waals surface area contributed by atoms with E-state index in [0.29, 0.717) is 17.2 Å². The molecule has 0 aromatic heterocycles. The number of hydrogen-bond acceptors (Lipinski definition) is 2. The Kier molecular flexibility index (Phi) is 4.54. The fourth-order valence-electron chi connectivity index (χ4n) is 2.32. The van der Waals surface area contributed by atoms with Gasteiger partial charge in [-0.25, -0.2) is 8.42 Å². The molecule has 0 N–H and O–H groups in total. The maximum Gasteiger partial charge on any atom is 0.243 e. The molecule has 1 aliphatic carbocycles. The third-order valence-corrected chi connectivity index (χ3v) is 6.21. The van der Waals surface area contributed by atoms with Gasteiger partial charge in [0.2, 0.25) is 10.0 Å². The van der Waals surface area contributed by atoms with Crippen LogP contribution < -0.4 is 0 Å². The second-order valence-electron chi connectivity index (χ2n) is 5.04. The molecule has 2 rings (SSSR count). The molecule has 3 nitrogen and oxygen atoms in total. The number of benzene rings is 1. The molecule has 106 valence electrons. The third kappa shape index (κ3) is 2.81. The van der Waals surface area contributed by atoms with Crippen molar-refractivity contribution in [3.05, 3.63) is 29.3 Å². The molecule has 1 saturated carbocycles. The average molecular weight is 302 g/mol. The Morgan fingerprint density at radius 1 is 1.37 bits per heavy atom. The molecule has 1 aliphatic rings. The van der Waals surface area contributed by atoms with Crippen molar-refractivity contribution in [3.8, 4) is 0 Å². The second kappa shape index (κ2) is 5.81. The van der Waals surface area contributed by atoms with Gasteiger partial charge in [-0.3, -0.25) is 0 Å². The molecule has 0 bridgehead atoms. The number of aryl methyl sites for hydroxylation is 1. The first-order valence-corrected chi connectivity index (χ1v) is 8.64. The lowest BCUT2D eigenvalue weighted by molar-refractivity contribution is 0.249. The number of nitrogens with zero attached hydrogens (tertiary/aromatic N) is 1. The third-order valence-electron chi connectivity index (χ3n) is 3.91. The summed E-state index contributed by atoms with van der Waals surface area (Å²) in [4.78, 5) is 0.419. The topological polar surface area (TPSA) is 37.4 Å². The minimum absolute atomic E-state index is 0.161. The first kappa shape index (κ1) is 14.8. The normalized spacial score (nSPS) is 16.6. The van der Waals surface area contributed by atoms with Gasteiger partial charge in [0.05, 0.1) is 4.90 Å². The Morgan fingerprint density at radius 3 is 2.53 bits per heavy atom. The first-order chi connectivity index (χ1) is 9.00. The highest BCUT2D eigenvalue weighted by Gasteiger charge is 2.32. The number of hydrogen-bond donors (Lipinski definition) is 0. The van der Waals surface area contributed by atoms with E-state index in [2.05, 4.69) is 0 Å². The molecule has 0 amide bonds. The monoisotopic (exact) mass is 301 g/mol. The Morgan fingerprint density at radius 2 is 2.05 bits per heavy atom. The molecule has 0 unspecified atom stereocenters. The van der Waals surface area contributed by atoms with Gasteiger partial charge >= 0.3 is 0 Å². The summed E-state index contributed by atoms with van der Waals surface area (Å²) in [6, 6.07) is 5.65. The maximum atomic E-state index is 12.7. The molecule has 5 heteroatoms. The largest absolute Gasteiger partial charge is 0.243 e. The standard InChI is InChI=1S/C14H20ClNO2S/c1-3-12-8-7-11(10-15)9-14(12)19(17,18)16(2)13-5-4-6-13/h7-9,13H,3-6,10H2,1-2H3. The predicted molar refractivity (Wildman–Crippen MR) is 78.0 cm³/mol. The van der Waals surface area contributed by atoms with Crippen molar-refractivity contribution >= 4 is 21.6 Å². The fourth-order valence-corrected chi connectivity index (χ4v) is 4.24. The van der Waals surface area contributed by atoms with Crippen LogP contribution in [0.15, 0.2) is 23.1 Å². The van der Waals surface area contributed by atoms with Gasteiger partial charge in [-0.15, -0.1) is 11.6 Å². The van der Waals surface area contributed by atoms with Gasteiger partial charge in [-0.1, -0.05) is 25.5 Å². The average Bonchev–Trinajstić information content (AvgIpc) is 2.35. The summed E-state index contributed by atoms with van der Waals surface area (Å²) in [6.45, 7) is 1.97. The van der Waals surface area contributed by atoms with E-state index in [-0.39, 0.29) is 6.04 Å². The van der Waals surface area contributed by atoms with E-state index in [4.69, 9.17) is 11.6 Å². The van der Waals surface area contributed by atoms with Crippen LogP contribution in [0.4, 0.5) is 0 Å². The minimum atomic E-state index is -3.40. The van der Waals surface area contributed by atoms with Crippen LogP contribution in [0.2, 0.25) is 0 Å². The van der Waals surface area contributed by atoms with Crippen LogP contribution in [0.1, 0.15) is 37.3 Å². The first-order valence-electron chi connectivity index (χ1n) is 6.66. The summed E-state index contributed by atoms with van der Waals surface area (Å²) in [7, 11) is -1.71. The Hall–Kier alpha value is -0.580. The molecular formula is C14H20ClNO2S. The van der Waals surface area contributed by atoms with Crippen LogP contribution in [-0.4, -0.2) is 25.8 Å². The smallest absolute Gasteiger partial charge is 0.207 e. The van der Waals surface area contributed by atoms with E-state index in [0.717, 1.165) is 30.4 Å². The van der Waals surface area contributed by atoms with Gasteiger partial charge < -0.3 is 0 Å². The van der Waals surface area contributed by atoms with Crippen molar-refractivity contribution in [1.29, 1.82) is 0 Å². The van der Waals surface area contributed by atoms with Crippen LogP contribution in [0.3, 0.4) is 0 Å². The van der Waals surface area contributed by atoms with Gasteiger partial charge in [0.15, 0.2) is 0 Å². The molecule has 1 fully saturated rings.